The highest BCUT2D eigenvalue weighted by molar-refractivity contribution is 6.30. The van der Waals surface area contributed by atoms with Gasteiger partial charge in [-0.1, -0.05) is 22.8 Å². The molecular weight excluding hydrogens is 557 g/mol. The lowest BCUT2D eigenvalue weighted by molar-refractivity contribution is -0.277. The minimum atomic E-state index is -5.25. The number of nitrogens with one attached hydrogen (secondary N) is 1. The summed E-state index contributed by atoms with van der Waals surface area (Å²) in [6.07, 6.45) is -16.2. The van der Waals surface area contributed by atoms with E-state index in [4.69, 9.17) is 16.4 Å². The van der Waals surface area contributed by atoms with Crippen molar-refractivity contribution in [3.8, 4) is 0 Å². The van der Waals surface area contributed by atoms with Crippen LogP contribution in [0.4, 0.5) is 39.5 Å². The van der Waals surface area contributed by atoms with E-state index >= 15 is 0 Å². The van der Waals surface area contributed by atoms with Gasteiger partial charge in [0.1, 0.15) is 5.69 Å². The smallest absolute Gasteiger partial charge is 0.372 e. The van der Waals surface area contributed by atoms with Crippen LogP contribution in [0.3, 0.4) is 0 Å². The van der Waals surface area contributed by atoms with Crippen LogP contribution in [0.15, 0.2) is 35.5 Å². The quantitative estimate of drug-likeness (QED) is 0.413. The van der Waals surface area contributed by atoms with Crippen molar-refractivity contribution in [2.45, 2.75) is 56.4 Å². The van der Waals surface area contributed by atoms with Gasteiger partial charge in [-0.2, -0.15) is 39.5 Å². The molecule has 1 atom stereocenters. The maximum atomic E-state index is 14.2. The Labute approximate surface area is 214 Å². The van der Waals surface area contributed by atoms with Crippen LogP contribution < -0.4 is 5.32 Å². The fourth-order valence-electron chi connectivity index (χ4n) is 4.24. The van der Waals surface area contributed by atoms with Crippen molar-refractivity contribution >= 4 is 23.2 Å². The first kappa shape index (κ1) is 28.0. The first-order valence-corrected chi connectivity index (χ1v) is 11.3. The average molecular weight is 574 g/mol. The van der Waals surface area contributed by atoms with E-state index in [1.165, 1.54) is 25.1 Å². The molecule has 206 valence electrons. The number of rotatable bonds is 4. The molecule has 1 saturated carbocycles. The van der Waals surface area contributed by atoms with E-state index in [1.54, 1.807) is 0 Å². The summed E-state index contributed by atoms with van der Waals surface area (Å²) in [4.78, 5) is 20.3. The number of alkyl halides is 9. The number of hydrogen-bond acceptors (Lipinski definition) is 4. The summed E-state index contributed by atoms with van der Waals surface area (Å²) < 4.78 is 120. The number of carbonyl (C=O) groups excluding carboxylic acids is 1. The van der Waals surface area contributed by atoms with E-state index in [1.807, 2.05) is 0 Å². The van der Waals surface area contributed by atoms with Crippen LogP contribution in [-0.2, 0) is 16.6 Å². The van der Waals surface area contributed by atoms with Crippen molar-refractivity contribution in [1.82, 2.24) is 10.3 Å². The molecule has 1 aromatic heterocycles. The molecule has 5 nitrogen and oxygen atoms in total. The van der Waals surface area contributed by atoms with Crippen molar-refractivity contribution in [2.75, 3.05) is 0 Å². The maximum Gasteiger partial charge on any atom is 0.437 e. The van der Waals surface area contributed by atoms with Gasteiger partial charge in [-0.3, -0.25) is 4.79 Å². The lowest BCUT2D eigenvalue weighted by Crippen LogP contribution is -2.49. The van der Waals surface area contributed by atoms with Crippen LogP contribution in [0, 0.1) is 12.8 Å². The molecular formula is C23H17ClF9N3O2. The number of halogens is 10. The highest BCUT2D eigenvalue weighted by Gasteiger charge is 2.64. The molecule has 1 amide bonds. The molecule has 0 radical (unpaired) electrons. The first-order chi connectivity index (χ1) is 17.4. The number of aryl methyl sites for hydroxylation is 1. The summed E-state index contributed by atoms with van der Waals surface area (Å²) in [6.45, 7) is 1.46. The largest absolute Gasteiger partial charge is 0.437 e. The molecule has 1 aliphatic carbocycles. The van der Waals surface area contributed by atoms with Gasteiger partial charge in [0.15, 0.2) is 0 Å². The van der Waals surface area contributed by atoms with Gasteiger partial charge >= 0.3 is 18.5 Å². The Hall–Kier alpha value is -3.03. The predicted octanol–water partition coefficient (Wildman–Crippen LogP) is 6.72. The third-order valence-corrected chi connectivity index (χ3v) is 6.64. The highest BCUT2D eigenvalue weighted by atomic mass is 35.5. The van der Waals surface area contributed by atoms with Crippen LogP contribution >= 0.6 is 11.6 Å². The van der Waals surface area contributed by atoms with E-state index in [0.717, 1.165) is 0 Å². The second kappa shape index (κ2) is 9.31. The van der Waals surface area contributed by atoms with Crippen molar-refractivity contribution in [2.24, 2.45) is 11.1 Å². The number of benzene rings is 1. The zero-order valence-electron chi connectivity index (χ0n) is 19.2. The number of aromatic nitrogens is 1. The van der Waals surface area contributed by atoms with Gasteiger partial charge in [0, 0.05) is 16.6 Å². The fourth-order valence-corrected chi connectivity index (χ4v) is 4.44. The Bertz CT molecular complexity index is 1280. The Balaban J connectivity index is 1.55. The summed E-state index contributed by atoms with van der Waals surface area (Å²) in [5.41, 5.74) is -5.95. The standard InChI is InChI=1S/C23H17ClF9N3O2/c1-10-4-11(2-3-15(10)19(37)34-14-5-12(6-14)21(25,26)27)16-9-20(38-36-16,23(31,32)33)17-7-13(24)8-18(35-17)22(28,29)30/h2-4,7-8,12,14H,5-6,9H2,1H3,(H,34,37)/t12-,14+,20-/m1/s1. The minimum Gasteiger partial charge on any atom is -0.372 e. The number of pyridine rings is 1. The molecule has 0 bridgehead atoms. The Kier molecular flexibility index (Phi) is 6.86. The summed E-state index contributed by atoms with van der Waals surface area (Å²) in [6, 6.07) is 4.16. The molecule has 0 saturated heterocycles. The van der Waals surface area contributed by atoms with Gasteiger partial charge in [-0.25, -0.2) is 4.98 Å². The van der Waals surface area contributed by atoms with Gasteiger partial charge in [0.05, 0.1) is 23.7 Å². The highest BCUT2D eigenvalue weighted by Crippen LogP contribution is 2.49. The van der Waals surface area contributed by atoms with Crippen LogP contribution in [-0.4, -0.2) is 35.0 Å². The Morgan fingerprint density at radius 3 is 2.26 bits per heavy atom. The third kappa shape index (κ3) is 5.27. The first-order valence-electron chi connectivity index (χ1n) is 11.0. The van der Waals surface area contributed by atoms with Gasteiger partial charge in [0.25, 0.3) is 11.5 Å². The topological polar surface area (TPSA) is 63.6 Å². The molecule has 1 N–H and O–H groups in total. The summed E-state index contributed by atoms with van der Waals surface area (Å²) in [7, 11) is 0. The lowest BCUT2D eigenvalue weighted by atomic mass is 9.79. The number of hydrogen-bond donors (Lipinski definition) is 1. The molecule has 1 aliphatic heterocycles. The summed E-state index contributed by atoms with van der Waals surface area (Å²) >= 11 is 5.65. The molecule has 15 heteroatoms. The third-order valence-electron chi connectivity index (χ3n) is 6.42. The molecule has 38 heavy (non-hydrogen) atoms. The van der Waals surface area contributed by atoms with Crippen LogP contribution in [0.25, 0.3) is 0 Å². The molecule has 0 spiro atoms. The molecule has 0 unspecified atom stereocenters. The zero-order valence-corrected chi connectivity index (χ0v) is 19.9. The van der Waals surface area contributed by atoms with Crippen molar-refractivity contribution in [3.05, 3.63) is 63.4 Å². The normalized spacial score (nSPS) is 23.9. The van der Waals surface area contributed by atoms with Gasteiger partial charge in [0.2, 0.25) is 0 Å². The van der Waals surface area contributed by atoms with Crippen molar-refractivity contribution in [1.29, 1.82) is 0 Å². The molecule has 2 aromatic rings. The van der Waals surface area contributed by atoms with Crippen LogP contribution in [0.5, 0.6) is 0 Å². The molecule has 2 heterocycles. The lowest BCUT2D eigenvalue weighted by Gasteiger charge is -2.36. The SMILES string of the molecule is Cc1cc(C2=NO[C@](c3cc(Cl)cc(C(F)(F)F)n3)(C(F)(F)F)C2)ccc1C(=O)N[C@H]1C[C@@H](C(F)(F)F)C1. The summed E-state index contributed by atoms with van der Waals surface area (Å²) in [5, 5.41) is 5.32. The monoisotopic (exact) mass is 573 g/mol. The Morgan fingerprint density at radius 1 is 1.05 bits per heavy atom. The second-order valence-corrected chi connectivity index (χ2v) is 9.53. The number of amides is 1. The van der Waals surface area contributed by atoms with E-state index in [-0.39, 0.29) is 35.2 Å². The number of carbonyl (C=O) groups is 1. The van der Waals surface area contributed by atoms with E-state index in [2.05, 4.69) is 15.5 Å². The number of oxime groups is 1. The molecule has 2 aliphatic rings. The van der Waals surface area contributed by atoms with Crippen molar-refractivity contribution in [3.63, 3.8) is 0 Å². The van der Waals surface area contributed by atoms with Gasteiger partial charge < -0.3 is 10.2 Å². The van der Waals surface area contributed by atoms with Crippen LogP contribution in [0.1, 0.15) is 52.1 Å². The van der Waals surface area contributed by atoms with E-state index in [0.29, 0.717) is 12.1 Å². The Morgan fingerprint density at radius 2 is 1.71 bits per heavy atom. The maximum absolute atomic E-state index is 14.2. The number of nitrogens with zero attached hydrogens (tertiary/aromatic N) is 2. The van der Waals surface area contributed by atoms with E-state index < -0.39 is 64.8 Å². The van der Waals surface area contributed by atoms with Crippen LogP contribution in [0.2, 0.25) is 5.02 Å². The van der Waals surface area contributed by atoms with Gasteiger partial charge in [-0.15, -0.1) is 0 Å². The fraction of sp³-hybridized carbons (Fsp3) is 0.435. The van der Waals surface area contributed by atoms with E-state index in [9.17, 15) is 44.3 Å². The summed E-state index contributed by atoms with van der Waals surface area (Å²) in [5.74, 6) is -2.15. The molecule has 4 rings (SSSR count). The minimum absolute atomic E-state index is 0.0807. The zero-order chi connectivity index (χ0) is 28.3. The molecule has 1 fully saturated rings. The predicted molar refractivity (Wildman–Crippen MR) is 115 cm³/mol. The van der Waals surface area contributed by atoms with Gasteiger partial charge in [-0.05, 0) is 55.2 Å². The molecule has 1 aromatic carbocycles. The second-order valence-electron chi connectivity index (χ2n) is 9.09. The average Bonchev–Trinajstić information content (AvgIpc) is 3.21. The van der Waals surface area contributed by atoms with Crippen molar-refractivity contribution < 1.29 is 49.1 Å².